The molecule has 5 nitrogen and oxygen atoms in total. The molecule has 0 aromatic heterocycles. The van der Waals surface area contributed by atoms with Gasteiger partial charge in [0.2, 0.25) is 15.9 Å². The van der Waals surface area contributed by atoms with Crippen molar-refractivity contribution in [1.82, 2.24) is 9.62 Å². The van der Waals surface area contributed by atoms with Crippen molar-refractivity contribution < 1.29 is 13.2 Å². The third-order valence-corrected chi connectivity index (χ3v) is 5.47. The summed E-state index contributed by atoms with van der Waals surface area (Å²) in [5.74, 6) is -0.0977. The minimum Gasteiger partial charge on any atom is -0.353 e. The van der Waals surface area contributed by atoms with Crippen molar-refractivity contribution >= 4 is 15.9 Å². The van der Waals surface area contributed by atoms with Crippen molar-refractivity contribution in [3.63, 3.8) is 0 Å². The van der Waals surface area contributed by atoms with Crippen LogP contribution < -0.4 is 5.32 Å². The van der Waals surface area contributed by atoms with E-state index in [1.54, 1.807) is 6.92 Å². The minimum absolute atomic E-state index is 0.00282. The topological polar surface area (TPSA) is 66.5 Å². The molecular weight excluding hydrogens is 264 g/mol. The number of carbonyl (C=O) groups is 1. The molecule has 112 valence electrons. The van der Waals surface area contributed by atoms with Crippen LogP contribution >= 0.6 is 0 Å². The number of sulfonamides is 1. The second-order valence-electron chi connectivity index (χ2n) is 5.30. The monoisotopic (exact) mass is 290 g/mol. The van der Waals surface area contributed by atoms with Gasteiger partial charge in [-0.2, -0.15) is 0 Å². The number of nitrogens with zero attached hydrogens (tertiary/aromatic N) is 1. The quantitative estimate of drug-likeness (QED) is 0.803. The zero-order valence-corrected chi connectivity index (χ0v) is 13.0. The Morgan fingerprint density at radius 1 is 1.42 bits per heavy atom. The van der Waals surface area contributed by atoms with Crippen LogP contribution in [0.5, 0.6) is 0 Å². The SMILES string of the molecule is CCC[C@@H](C)NC(=O)[C@H]1CCCN(S(=O)(=O)CC)C1. The summed E-state index contributed by atoms with van der Waals surface area (Å²) in [4.78, 5) is 12.1. The van der Waals surface area contributed by atoms with Crippen LogP contribution in [0.1, 0.15) is 46.5 Å². The highest BCUT2D eigenvalue weighted by atomic mass is 32.2. The highest BCUT2D eigenvalue weighted by Crippen LogP contribution is 2.20. The standard InChI is InChI=1S/C13H26N2O3S/c1-4-7-11(3)14-13(16)12-8-6-9-15(10-12)19(17,18)5-2/h11-12H,4-10H2,1-3H3,(H,14,16)/t11-,12+/m1/s1. The van der Waals surface area contributed by atoms with Crippen LogP contribution in [0.3, 0.4) is 0 Å². The Labute approximate surface area is 116 Å². The van der Waals surface area contributed by atoms with Gasteiger partial charge in [0.15, 0.2) is 0 Å². The lowest BCUT2D eigenvalue weighted by atomic mass is 9.98. The van der Waals surface area contributed by atoms with Crippen LogP contribution in [-0.4, -0.2) is 43.5 Å². The van der Waals surface area contributed by atoms with Crippen molar-refractivity contribution in [2.75, 3.05) is 18.8 Å². The number of nitrogens with one attached hydrogen (secondary N) is 1. The molecule has 6 heteroatoms. The van der Waals surface area contributed by atoms with E-state index in [-0.39, 0.29) is 23.6 Å². The van der Waals surface area contributed by atoms with Crippen molar-refractivity contribution in [3.8, 4) is 0 Å². The van der Waals surface area contributed by atoms with Gasteiger partial charge in [0.25, 0.3) is 0 Å². The lowest BCUT2D eigenvalue weighted by Gasteiger charge is -2.31. The van der Waals surface area contributed by atoms with E-state index in [4.69, 9.17) is 0 Å². The molecule has 0 radical (unpaired) electrons. The predicted molar refractivity (Wildman–Crippen MR) is 76.3 cm³/mol. The van der Waals surface area contributed by atoms with Gasteiger partial charge in [-0.05, 0) is 33.1 Å². The highest BCUT2D eigenvalue weighted by molar-refractivity contribution is 7.89. The van der Waals surface area contributed by atoms with E-state index in [9.17, 15) is 13.2 Å². The summed E-state index contributed by atoms with van der Waals surface area (Å²) in [6.07, 6.45) is 3.53. The Hall–Kier alpha value is -0.620. The fourth-order valence-electron chi connectivity index (χ4n) is 2.46. The van der Waals surface area contributed by atoms with Crippen molar-refractivity contribution in [3.05, 3.63) is 0 Å². The van der Waals surface area contributed by atoms with E-state index >= 15 is 0 Å². The second kappa shape index (κ2) is 7.24. The van der Waals surface area contributed by atoms with Gasteiger partial charge >= 0.3 is 0 Å². The van der Waals surface area contributed by atoms with Gasteiger partial charge in [0.1, 0.15) is 0 Å². The normalized spacial score (nSPS) is 23.0. The van der Waals surface area contributed by atoms with Gasteiger partial charge in [0, 0.05) is 19.1 Å². The average Bonchev–Trinajstić information content (AvgIpc) is 2.39. The molecule has 0 unspecified atom stereocenters. The first-order valence-corrected chi connectivity index (χ1v) is 8.79. The lowest BCUT2D eigenvalue weighted by molar-refractivity contribution is -0.126. The van der Waals surface area contributed by atoms with Gasteiger partial charge in [-0.15, -0.1) is 0 Å². The molecule has 0 aromatic rings. The number of carbonyl (C=O) groups excluding carboxylic acids is 1. The largest absolute Gasteiger partial charge is 0.353 e. The molecule has 1 fully saturated rings. The van der Waals surface area contributed by atoms with E-state index in [1.807, 2.05) is 6.92 Å². The molecule has 2 atom stereocenters. The Kier molecular flexibility index (Phi) is 6.26. The molecule has 1 aliphatic rings. The summed E-state index contributed by atoms with van der Waals surface area (Å²) in [5.41, 5.74) is 0. The maximum Gasteiger partial charge on any atom is 0.224 e. The molecule has 0 saturated carbocycles. The van der Waals surface area contributed by atoms with E-state index in [2.05, 4.69) is 12.2 Å². The molecular formula is C13H26N2O3S. The van der Waals surface area contributed by atoms with Crippen molar-refractivity contribution in [1.29, 1.82) is 0 Å². The molecule has 1 amide bonds. The highest BCUT2D eigenvalue weighted by Gasteiger charge is 2.31. The Morgan fingerprint density at radius 3 is 2.68 bits per heavy atom. The van der Waals surface area contributed by atoms with Gasteiger partial charge < -0.3 is 5.32 Å². The molecule has 0 aliphatic carbocycles. The smallest absolute Gasteiger partial charge is 0.224 e. The van der Waals surface area contributed by atoms with Gasteiger partial charge in [0.05, 0.1) is 11.7 Å². The summed E-state index contributed by atoms with van der Waals surface area (Å²) < 4.78 is 25.1. The molecule has 19 heavy (non-hydrogen) atoms. The molecule has 0 bridgehead atoms. The number of hydrogen-bond acceptors (Lipinski definition) is 3. The minimum atomic E-state index is -3.17. The third kappa shape index (κ3) is 4.76. The Morgan fingerprint density at radius 2 is 2.11 bits per heavy atom. The maximum absolute atomic E-state index is 12.1. The van der Waals surface area contributed by atoms with E-state index in [1.165, 1.54) is 4.31 Å². The maximum atomic E-state index is 12.1. The summed E-state index contributed by atoms with van der Waals surface area (Å²) in [7, 11) is -3.17. The van der Waals surface area contributed by atoms with E-state index in [0.29, 0.717) is 13.1 Å². The summed E-state index contributed by atoms with van der Waals surface area (Å²) in [5, 5.41) is 2.98. The molecule has 1 heterocycles. The molecule has 0 aromatic carbocycles. The number of hydrogen-bond donors (Lipinski definition) is 1. The molecule has 1 aliphatic heterocycles. The van der Waals surface area contributed by atoms with Gasteiger partial charge in [-0.25, -0.2) is 12.7 Å². The van der Waals surface area contributed by atoms with Gasteiger partial charge in [-0.3, -0.25) is 4.79 Å². The number of piperidine rings is 1. The zero-order chi connectivity index (χ0) is 14.5. The predicted octanol–water partition coefficient (Wildman–Crippen LogP) is 1.35. The molecule has 1 saturated heterocycles. The Balaban J connectivity index is 2.57. The third-order valence-electron chi connectivity index (χ3n) is 3.62. The lowest BCUT2D eigenvalue weighted by Crippen LogP contribution is -2.47. The van der Waals surface area contributed by atoms with Crippen LogP contribution in [-0.2, 0) is 14.8 Å². The first-order valence-electron chi connectivity index (χ1n) is 7.18. The zero-order valence-electron chi connectivity index (χ0n) is 12.2. The molecule has 1 rings (SSSR count). The van der Waals surface area contributed by atoms with Crippen LogP contribution in [0, 0.1) is 5.92 Å². The van der Waals surface area contributed by atoms with Crippen LogP contribution in [0.25, 0.3) is 0 Å². The van der Waals surface area contributed by atoms with Crippen molar-refractivity contribution in [2.24, 2.45) is 5.92 Å². The molecule has 0 spiro atoms. The number of amides is 1. The fraction of sp³-hybridized carbons (Fsp3) is 0.923. The van der Waals surface area contributed by atoms with Gasteiger partial charge in [-0.1, -0.05) is 13.3 Å². The second-order valence-corrected chi connectivity index (χ2v) is 7.55. The van der Waals surface area contributed by atoms with Crippen LogP contribution in [0.2, 0.25) is 0 Å². The average molecular weight is 290 g/mol. The van der Waals surface area contributed by atoms with E-state index in [0.717, 1.165) is 25.7 Å². The first-order chi connectivity index (χ1) is 8.90. The number of rotatable bonds is 6. The summed E-state index contributed by atoms with van der Waals surface area (Å²) >= 11 is 0. The van der Waals surface area contributed by atoms with Crippen LogP contribution in [0.4, 0.5) is 0 Å². The first kappa shape index (κ1) is 16.4. The summed E-state index contributed by atoms with van der Waals surface area (Å²) in [6.45, 7) is 6.59. The van der Waals surface area contributed by atoms with Crippen LogP contribution in [0.15, 0.2) is 0 Å². The molecule has 1 N–H and O–H groups in total. The Bertz CT molecular complexity index is 395. The summed E-state index contributed by atoms with van der Waals surface area (Å²) in [6, 6.07) is 0.163. The van der Waals surface area contributed by atoms with E-state index < -0.39 is 10.0 Å². The van der Waals surface area contributed by atoms with Crippen molar-refractivity contribution in [2.45, 2.75) is 52.5 Å². The fourth-order valence-corrected chi connectivity index (χ4v) is 3.64.